The van der Waals surface area contributed by atoms with Crippen LogP contribution in [0.2, 0.25) is 0 Å². The second kappa shape index (κ2) is 8.60. The van der Waals surface area contributed by atoms with E-state index in [4.69, 9.17) is 18.6 Å². The number of methoxy groups -OCH3 is 2. The Morgan fingerprint density at radius 1 is 0.966 bits per heavy atom. The van der Waals surface area contributed by atoms with Crippen molar-refractivity contribution in [2.45, 2.75) is 32.1 Å². The minimum Gasteiger partial charge on any atom is -0.497 e. The van der Waals surface area contributed by atoms with Crippen LogP contribution in [-0.4, -0.2) is 20.8 Å². The van der Waals surface area contributed by atoms with Gasteiger partial charge < -0.3 is 18.6 Å². The Hall–Kier alpha value is -2.95. The van der Waals surface area contributed by atoms with Crippen LogP contribution in [0.1, 0.15) is 32.1 Å². The molecule has 1 saturated carbocycles. The van der Waals surface area contributed by atoms with E-state index in [1.165, 1.54) is 38.4 Å². The molecule has 1 aliphatic rings. The average molecular weight is 394 g/mol. The van der Waals surface area contributed by atoms with E-state index >= 15 is 0 Å². The molecule has 0 bridgehead atoms. The van der Waals surface area contributed by atoms with Crippen molar-refractivity contribution in [2.24, 2.45) is 5.92 Å². The molecule has 152 valence electrons. The molecule has 0 saturated heterocycles. The van der Waals surface area contributed by atoms with E-state index < -0.39 is 0 Å². The number of rotatable bonds is 6. The summed E-state index contributed by atoms with van der Waals surface area (Å²) in [7, 11) is 3.16. The van der Waals surface area contributed by atoms with Crippen molar-refractivity contribution in [3.63, 3.8) is 0 Å². The van der Waals surface area contributed by atoms with E-state index in [1.807, 2.05) is 12.1 Å². The highest BCUT2D eigenvalue weighted by atomic mass is 16.5. The zero-order valence-electron chi connectivity index (χ0n) is 16.9. The summed E-state index contributed by atoms with van der Waals surface area (Å²) in [4.78, 5) is 13.4. The molecule has 1 heterocycles. The van der Waals surface area contributed by atoms with Crippen LogP contribution in [0.5, 0.6) is 17.2 Å². The molecule has 3 aromatic rings. The summed E-state index contributed by atoms with van der Waals surface area (Å²) in [5.41, 5.74) is 1.48. The zero-order valence-corrected chi connectivity index (χ0v) is 16.9. The third-order valence-electron chi connectivity index (χ3n) is 5.66. The first kappa shape index (κ1) is 19.4. The standard InChI is InChI=1S/C24H26O5/c1-26-17-11-12-18(22(13-17)27-2)19-15-29-21-10-6-9-20(23(21)24(19)25)28-14-16-7-4-3-5-8-16/h6,9-13,15-16H,3-5,7-8,14H2,1-2H3. The topological polar surface area (TPSA) is 57.9 Å². The summed E-state index contributed by atoms with van der Waals surface area (Å²) in [5.74, 6) is 2.34. The van der Waals surface area contributed by atoms with E-state index in [-0.39, 0.29) is 5.43 Å². The Morgan fingerprint density at radius 3 is 2.55 bits per heavy atom. The number of fused-ring (bicyclic) bond motifs is 1. The molecule has 2 aromatic carbocycles. The van der Waals surface area contributed by atoms with Gasteiger partial charge in [0.05, 0.1) is 26.4 Å². The largest absolute Gasteiger partial charge is 0.497 e. The van der Waals surface area contributed by atoms with Crippen molar-refractivity contribution in [3.05, 3.63) is 52.9 Å². The molecular weight excluding hydrogens is 368 g/mol. The van der Waals surface area contributed by atoms with Gasteiger partial charge in [-0.1, -0.05) is 25.3 Å². The first-order chi connectivity index (χ1) is 14.2. The summed E-state index contributed by atoms with van der Waals surface area (Å²) in [5, 5.41) is 0.471. The fourth-order valence-corrected chi connectivity index (χ4v) is 4.03. The Morgan fingerprint density at radius 2 is 1.79 bits per heavy atom. The lowest BCUT2D eigenvalue weighted by molar-refractivity contribution is 0.210. The van der Waals surface area contributed by atoms with Crippen molar-refractivity contribution < 1.29 is 18.6 Å². The summed E-state index contributed by atoms with van der Waals surface area (Å²) in [6.07, 6.45) is 7.68. The highest BCUT2D eigenvalue weighted by Gasteiger charge is 2.19. The van der Waals surface area contributed by atoms with Gasteiger partial charge in [0.2, 0.25) is 5.43 Å². The van der Waals surface area contributed by atoms with Crippen molar-refractivity contribution >= 4 is 11.0 Å². The molecule has 5 nitrogen and oxygen atoms in total. The lowest BCUT2D eigenvalue weighted by atomic mass is 9.90. The average Bonchev–Trinajstić information content (AvgIpc) is 2.78. The normalized spacial score (nSPS) is 14.7. The molecule has 0 unspecified atom stereocenters. The van der Waals surface area contributed by atoms with Crippen LogP contribution in [0.15, 0.2) is 51.9 Å². The van der Waals surface area contributed by atoms with Gasteiger partial charge in [-0.3, -0.25) is 4.79 Å². The fraction of sp³-hybridized carbons (Fsp3) is 0.375. The van der Waals surface area contributed by atoms with Gasteiger partial charge >= 0.3 is 0 Å². The first-order valence-electron chi connectivity index (χ1n) is 10.1. The Balaban J connectivity index is 1.74. The van der Waals surface area contributed by atoms with E-state index in [0.717, 1.165) is 0 Å². The quantitative estimate of drug-likeness (QED) is 0.557. The Kier molecular flexibility index (Phi) is 5.74. The third kappa shape index (κ3) is 3.95. The van der Waals surface area contributed by atoms with Gasteiger partial charge in [0.15, 0.2) is 0 Å². The number of ether oxygens (including phenoxy) is 3. The van der Waals surface area contributed by atoms with Crippen LogP contribution in [-0.2, 0) is 0 Å². The molecule has 0 aliphatic heterocycles. The molecular formula is C24H26O5. The second-order valence-corrected chi connectivity index (χ2v) is 7.49. The van der Waals surface area contributed by atoms with Gasteiger partial charge in [0.25, 0.3) is 0 Å². The monoisotopic (exact) mass is 394 g/mol. The molecule has 5 heteroatoms. The molecule has 1 fully saturated rings. The van der Waals surface area contributed by atoms with Crippen LogP contribution < -0.4 is 19.6 Å². The molecule has 1 aliphatic carbocycles. The van der Waals surface area contributed by atoms with Gasteiger partial charge in [-0.15, -0.1) is 0 Å². The van der Waals surface area contributed by atoms with E-state index in [1.54, 1.807) is 38.5 Å². The summed E-state index contributed by atoms with van der Waals surface area (Å²) < 4.78 is 22.6. The maximum absolute atomic E-state index is 13.4. The number of hydrogen-bond donors (Lipinski definition) is 0. The zero-order chi connectivity index (χ0) is 20.2. The second-order valence-electron chi connectivity index (χ2n) is 7.49. The molecule has 0 spiro atoms. The molecule has 0 atom stereocenters. The summed E-state index contributed by atoms with van der Waals surface area (Å²) in [6, 6.07) is 10.9. The highest BCUT2D eigenvalue weighted by molar-refractivity contribution is 5.88. The molecule has 0 amide bonds. The van der Waals surface area contributed by atoms with Gasteiger partial charge in [0, 0.05) is 11.6 Å². The van der Waals surface area contributed by atoms with E-state index in [2.05, 4.69) is 0 Å². The third-order valence-corrected chi connectivity index (χ3v) is 5.66. The van der Waals surface area contributed by atoms with Crippen molar-refractivity contribution in [1.82, 2.24) is 0 Å². The molecule has 0 radical (unpaired) electrons. The van der Waals surface area contributed by atoms with Crippen LogP contribution >= 0.6 is 0 Å². The molecule has 0 N–H and O–H groups in total. The Labute approximate surface area is 170 Å². The summed E-state index contributed by atoms with van der Waals surface area (Å²) in [6.45, 7) is 0.634. The van der Waals surface area contributed by atoms with Crippen molar-refractivity contribution in [1.29, 1.82) is 0 Å². The lowest BCUT2D eigenvalue weighted by Gasteiger charge is -2.22. The number of hydrogen-bond acceptors (Lipinski definition) is 5. The van der Waals surface area contributed by atoms with E-state index in [0.29, 0.717) is 51.9 Å². The van der Waals surface area contributed by atoms with Gasteiger partial charge in [-0.2, -0.15) is 0 Å². The minimum atomic E-state index is -0.131. The Bertz CT molecular complexity index is 1050. The highest BCUT2D eigenvalue weighted by Crippen LogP contribution is 2.34. The maximum atomic E-state index is 13.4. The maximum Gasteiger partial charge on any atom is 0.204 e. The molecule has 4 rings (SSSR count). The van der Waals surface area contributed by atoms with Crippen molar-refractivity contribution in [3.8, 4) is 28.4 Å². The fourth-order valence-electron chi connectivity index (χ4n) is 4.03. The molecule has 1 aromatic heterocycles. The SMILES string of the molecule is COc1ccc(-c2coc3cccc(OCC4CCCCC4)c3c2=O)c(OC)c1. The first-order valence-corrected chi connectivity index (χ1v) is 10.1. The van der Waals surface area contributed by atoms with Gasteiger partial charge in [0.1, 0.15) is 34.5 Å². The van der Waals surface area contributed by atoms with Crippen LogP contribution in [0.25, 0.3) is 22.1 Å². The predicted molar refractivity (Wildman–Crippen MR) is 113 cm³/mol. The molecule has 29 heavy (non-hydrogen) atoms. The predicted octanol–water partition coefficient (Wildman–Crippen LogP) is 5.44. The number of benzene rings is 2. The van der Waals surface area contributed by atoms with E-state index in [9.17, 15) is 4.79 Å². The minimum absolute atomic E-state index is 0.131. The van der Waals surface area contributed by atoms with Crippen LogP contribution in [0.4, 0.5) is 0 Å². The summed E-state index contributed by atoms with van der Waals surface area (Å²) >= 11 is 0. The van der Waals surface area contributed by atoms with Gasteiger partial charge in [-0.05, 0) is 43.0 Å². The van der Waals surface area contributed by atoms with Crippen LogP contribution in [0.3, 0.4) is 0 Å². The van der Waals surface area contributed by atoms with Crippen LogP contribution in [0, 0.1) is 5.92 Å². The smallest absolute Gasteiger partial charge is 0.204 e. The van der Waals surface area contributed by atoms with Gasteiger partial charge in [-0.25, -0.2) is 0 Å². The van der Waals surface area contributed by atoms with Crippen molar-refractivity contribution in [2.75, 3.05) is 20.8 Å². The lowest BCUT2D eigenvalue weighted by Crippen LogP contribution is -2.16.